The molecule has 1 aromatic heterocycles. The Kier molecular flexibility index (Phi) is 5.15. The Balaban J connectivity index is 1.81. The minimum Gasteiger partial charge on any atom is -0.328 e. The number of nitrogens with two attached hydrogens (primary N) is 1. The highest BCUT2D eigenvalue weighted by Crippen LogP contribution is 2.23. The van der Waals surface area contributed by atoms with Gasteiger partial charge < -0.3 is 10.6 Å². The van der Waals surface area contributed by atoms with Crippen LogP contribution in [0.4, 0.5) is 0 Å². The van der Waals surface area contributed by atoms with Gasteiger partial charge in [0.25, 0.3) is 0 Å². The fraction of sp³-hybridized carbons (Fsp3) is 0.786. The second-order valence-corrected chi connectivity index (χ2v) is 6.44. The lowest BCUT2D eigenvalue weighted by Crippen LogP contribution is -2.34. The van der Waals surface area contributed by atoms with Crippen LogP contribution in [0.2, 0.25) is 0 Å². The summed E-state index contributed by atoms with van der Waals surface area (Å²) in [5.74, 6) is 0.835. The first-order valence-corrected chi connectivity index (χ1v) is 7.96. The van der Waals surface area contributed by atoms with Crippen molar-refractivity contribution < 1.29 is 0 Å². The maximum Gasteiger partial charge on any atom is 0.0931 e. The van der Waals surface area contributed by atoms with E-state index in [1.54, 1.807) is 0 Å². The Morgan fingerprint density at radius 1 is 1.50 bits per heavy atom. The lowest BCUT2D eigenvalue weighted by atomic mass is 9.94. The van der Waals surface area contributed by atoms with Crippen LogP contribution in [0.5, 0.6) is 0 Å². The van der Waals surface area contributed by atoms with E-state index in [1.807, 2.05) is 18.3 Å². The molecule has 0 saturated carbocycles. The minimum absolute atomic E-state index is 0.216. The van der Waals surface area contributed by atoms with Gasteiger partial charge in [0, 0.05) is 24.3 Å². The predicted molar refractivity (Wildman–Crippen MR) is 78.0 cm³/mol. The second kappa shape index (κ2) is 6.64. The Morgan fingerprint density at radius 2 is 2.22 bits per heavy atom. The molecule has 1 saturated heterocycles. The number of rotatable bonds is 5. The van der Waals surface area contributed by atoms with E-state index in [-0.39, 0.29) is 6.04 Å². The van der Waals surface area contributed by atoms with Crippen LogP contribution in [0, 0.1) is 5.92 Å². The van der Waals surface area contributed by atoms with Crippen molar-refractivity contribution >= 4 is 11.3 Å². The summed E-state index contributed by atoms with van der Waals surface area (Å²) in [7, 11) is 0. The van der Waals surface area contributed by atoms with Crippen molar-refractivity contribution in [3.8, 4) is 0 Å². The average Bonchev–Trinajstić information content (AvgIpc) is 2.76. The van der Waals surface area contributed by atoms with Gasteiger partial charge in [0.2, 0.25) is 0 Å². The van der Waals surface area contributed by atoms with Crippen molar-refractivity contribution in [2.45, 2.75) is 45.6 Å². The molecule has 0 radical (unpaired) electrons. The smallest absolute Gasteiger partial charge is 0.0931 e. The summed E-state index contributed by atoms with van der Waals surface area (Å²) in [6.45, 7) is 8.02. The maximum absolute atomic E-state index is 5.81. The molecular formula is C14H25N3S. The van der Waals surface area contributed by atoms with E-state index in [2.05, 4.69) is 17.2 Å². The summed E-state index contributed by atoms with van der Waals surface area (Å²) in [5, 5.41) is 3.49. The number of thiazole rings is 1. The Morgan fingerprint density at radius 3 is 2.83 bits per heavy atom. The zero-order valence-electron chi connectivity index (χ0n) is 11.6. The molecule has 0 amide bonds. The highest BCUT2D eigenvalue weighted by Gasteiger charge is 2.19. The Hall–Kier alpha value is -0.450. The van der Waals surface area contributed by atoms with Crippen LogP contribution in [0.1, 0.15) is 37.4 Å². The number of nitrogens with zero attached hydrogens (tertiary/aromatic N) is 2. The van der Waals surface area contributed by atoms with E-state index in [1.165, 1.54) is 49.6 Å². The molecule has 0 bridgehead atoms. The summed E-state index contributed by atoms with van der Waals surface area (Å²) < 4.78 is 0. The summed E-state index contributed by atoms with van der Waals surface area (Å²) in [6, 6.07) is 0.216. The summed E-state index contributed by atoms with van der Waals surface area (Å²) >= 11 is 1.81. The Bertz CT molecular complexity index is 354. The third kappa shape index (κ3) is 4.04. The molecule has 0 spiro atoms. The molecule has 18 heavy (non-hydrogen) atoms. The van der Waals surface area contributed by atoms with Crippen molar-refractivity contribution in [1.29, 1.82) is 0 Å². The van der Waals surface area contributed by atoms with Gasteiger partial charge in [-0.3, -0.25) is 0 Å². The first-order chi connectivity index (χ1) is 8.67. The molecule has 2 N–H and O–H groups in total. The largest absolute Gasteiger partial charge is 0.328 e. The van der Waals surface area contributed by atoms with E-state index in [9.17, 15) is 0 Å². The van der Waals surface area contributed by atoms with Gasteiger partial charge in [-0.25, -0.2) is 4.98 Å². The van der Waals surface area contributed by atoms with E-state index in [0.29, 0.717) is 0 Å². The highest BCUT2D eigenvalue weighted by molar-refractivity contribution is 7.09. The third-order valence-electron chi connectivity index (χ3n) is 3.75. The second-order valence-electron chi connectivity index (χ2n) is 5.50. The van der Waals surface area contributed by atoms with Gasteiger partial charge >= 0.3 is 0 Å². The van der Waals surface area contributed by atoms with E-state index in [4.69, 9.17) is 10.7 Å². The zero-order chi connectivity index (χ0) is 13.0. The van der Waals surface area contributed by atoms with Gasteiger partial charge in [0.15, 0.2) is 0 Å². The lowest BCUT2D eigenvalue weighted by Gasteiger charge is -2.30. The summed E-state index contributed by atoms with van der Waals surface area (Å²) in [6.07, 6.45) is 4.73. The molecule has 3 nitrogen and oxygen atoms in total. The first-order valence-electron chi connectivity index (χ1n) is 7.08. The summed E-state index contributed by atoms with van der Waals surface area (Å²) in [4.78, 5) is 7.25. The van der Waals surface area contributed by atoms with Crippen LogP contribution in [0.15, 0.2) is 5.38 Å². The molecule has 0 aliphatic carbocycles. The first kappa shape index (κ1) is 14.0. The maximum atomic E-state index is 5.81. The van der Waals surface area contributed by atoms with Crippen molar-refractivity contribution in [1.82, 2.24) is 9.88 Å². The van der Waals surface area contributed by atoms with Crippen LogP contribution in [0.25, 0.3) is 0 Å². The van der Waals surface area contributed by atoms with Gasteiger partial charge in [-0.15, -0.1) is 11.3 Å². The van der Waals surface area contributed by atoms with Crippen LogP contribution in [-0.4, -0.2) is 35.6 Å². The quantitative estimate of drug-likeness (QED) is 0.890. The molecule has 2 rings (SSSR count). The standard InChI is InChI=1S/C14H25N3S/c1-3-17-6-4-12(5-7-17)9-14-16-13(10-18-14)8-11(2)15/h10-12H,3-9,15H2,1-2H3. The fourth-order valence-corrected chi connectivity index (χ4v) is 3.54. The Labute approximate surface area is 114 Å². The molecule has 4 heteroatoms. The molecule has 1 aliphatic rings. The van der Waals surface area contributed by atoms with Gasteiger partial charge in [-0.2, -0.15) is 0 Å². The van der Waals surface area contributed by atoms with Crippen LogP contribution in [-0.2, 0) is 12.8 Å². The van der Waals surface area contributed by atoms with Gasteiger partial charge in [0.1, 0.15) is 0 Å². The van der Waals surface area contributed by atoms with Gasteiger partial charge in [-0.1, -0.05) is 6.92 Å². The molecule has 1 aromatic rings. The number of hydrogen-bond donors (Lipinski definition) is 1. The SMILES string of the molecule is CCN1CCC(Cc2nc(CC(C)N)cs2)CC1. The normalized spacial score (nSPS) is 20.2. The highest BCUT2D eigenvalue weighted by atomic mass is 32.1. The average molecular weight is 267 g/mol. The number of piperidine rings is 1. The zero-order valence-corrected chi connectivity index (χ0v) is 12.4. The molecule has 2 heterocycles. The fourth-order valence-electron chi connectivity index (χ4n) is 2.62. The molecule has 1 atom stereocenters. The monoisotopic (exact) mass is 267 g/mol. The molecule has 102 valence electrons. The molecule has 1 unspecified atom stereocenters. The van der Waals surface area contributed by atoms with Crippen molar-refractivity contribution in [2.24, 2.45) is 11.7 Å². The van der Waals surface area contributed by atoms with E-state index >= 15 is 0 Å². The molecule has 1 aliphatic heterocycles. The van der Waals surface area contributed by atoms with Crippen LogP contribution >= 0.6 is 11.3 Å². The van der Waals surface area contributed by atoms with Crippen molar-refractivity contribution in [2.75, 3.05) is 19.6 Å². The van der Waals surface area contributed by atoms with Crippen LogP contribution in [0.3, 0.4) is 0 Å². The van der Waals surface area contributed by atoms with Crippen LogP contribution < -0.4 is 5.73 Å². The van der Waals surface area contributed by atoms with E-state index < -0.39 is 0 Å². The molecule has 0 aromatic carbocycles. The molecular weight excluding hydrogens is 242 g/mol. The number of likely N-dealkylation sites (tertiary alicyclic amines) is 1. The van der Waals surface area contributed by atoms with E-state index in [0.717, 1.165) is 12.3 Å². The van der Waals surface area contributed by atoms with Crippen molar-refractivity contribution in [3.63, 3.8) is 0 Å². The van der Waals surface area contributed by atoms with Gasteiger partial charge in [-0.05, 0) is 45.3 Å². The number of aromatic nitrogens is 1. The lowest BCUT2D eigenvalue weighted by molar-refractivity contribution is 0.192. The third-order valence-corrected chi connectivity index (χ3v) is 4.67. The van der Waals surface area contributed by atoms with Gasteiger partial charge in [0.05, 0.1) is 10.7 Å². The topological polar surface area (TPSA) is 42.2 Å². The molecule has 1 fully saturated rings. The number of hydrogen-bond acceptors (Lipinski definition) is 4. The van der Waals surface area contributed by atoms with Crippen molar-refractivity contribution in [3.05, 3.63) is 16.1 Å². The predicted octanol–water partition coefficient (Wildman–Crippen LogP) is 2.31. The summed E-state index contributed by atoms with van der Waals surface area (Å²) in [5.41, 5.74) is 6.98. The minimum atomic E-state index is 0.216.